The number of benzene rings is 1. The van der Waals surface area contributed by atoms with Crippen LogP contribution in [-0.4, -0.2) is 40.7 Å². The summed E-state index contributed by atoms with van der Waals surface area (Å²) in [7, 11) is 1.56. The summed E-state index contributed by atoms with van der Waals surface area (Å²) in [6, 6.07) is 9.31. The summed E-state index contributed by atoms with van der Waals surface area (Å²) in [5.74, 6) is 0.197. The minimum atomic E-state index is -0.576. The van der Waals surface area contributed by atoms with Gasteiger partial charge in [-0.2, -0.15) is 0 Å². The molecule has 126 valence electrons. The van der Waals surface area contributed by atoms with Gasteiger partial charge in [-0.3, -0.25) is 9.78 Å². The van der Waals surface area contributed by atoms with Gasteiger partial charge in [-0.25, -0.2) is 4.39 Å². The van der Waals surface area contributed by atoms with Gasteiger partial charge in [0.15, 0.2) is 0 Å². The molecule has 1 aromatic carbocycles. The average Bonchev–Trinajstić information content (AvgIpc) is 2.98. The molecular formula is C18H19FN2O3. The van der Waals surface area contributed by atoms with Crippen LogP contribution in [0.2, 0.25) is 0 Å². The van der Waals surface area contributed by atoms with Crippen LogP contribution in [0.25, 0.3) is 0 Å². The Morgan fingerprint density at radius 2 is 2.08 bits per heavy atom. The molecule has 3 rings (SSSR count). The first-order valence-electron chi connectivity index (χ1n) is 7.78. The summed E-state index contributed by atoms with van der Waals surface area (Å²) in [4.78, 5) is 18.5. The third-order valence-corrected chi connectivity index (χ3v) is 4.22. The number of aliphatic hydroxyl groups excluding tert-OH is 1. The van der Waals surface area contributed by atoms with Gasteiger partial charge in [0.1, 0.15) is 11.6 Å². The molecule has 1 saturated heterocycles. The highest BCUT2D eigenvalue weighted by molar-refractivity contribution is 5.79. The third-order valence-electron chi connectivity index (χ3n) is 4.22. The molecule has 1 aliphatic rings. The molecule has 0 unspecified atom stereocenters. The monoisotopic (exact) mass is 330 g/mol. The number of rotatable bonds is 4. The topological polar surface area (TPSA) is 62.7 Å². The first-order valence-corrected chi connectivity index (χ1v) is 7.78. The van der Waals surface area contributed by atoms with Crippen molar-refractivity contribution in [3.63, 3.8) is 0 Å². The van der Waals surface area contributed by atoms with Crippen molar-refractivity contribution >= 4 is 5.91 Å². The molecule has 0 spiro atoms. The van der Waals surface area contributed by atoms with E-state index in [0.29, 0.717) is 17.9 Å². The summed E-state index contributed by atoms with van der Waals surface area (Å²) in [5, 5.41) is 9.97. The second-order valence-corrected chi connectivity index (χ2v) is 5.87. The number of aliphatic hydroxyl groups is 1. The number of methoxy groups -OCH3 is 1. The fraction of sp³-hybridized carbons (Fsp3) is 0.333. The van der Waals surface area contributed by atoms with Crippen LogP contribution in [0.4, 0.5) is 4.39 Å². The molecule has 1 fully saturated rings. The maximum absolute atomic E-state index is 13.1. The van der Waals surface area contributed by atoms with E-state index >= 15 is 0 Å². The number of pyridine rings is 1. The van der Waals surface area contributed by atoms with Gasteiger partial charge in [-0.1, -0.05) is 12.1 Å². The quantitative estimate of drug-likeness (QED) is 0.933. The lowest BCUT2D eigenvalue weighted by Gasteiger charge is -2.24. The van der Waals surface area contributed by atoms with Gasteiger partial charge in [0.25, 0.3) is 0 Å². The largest absolute Gasteiger partial charge is 0.495 e. The lowest BCUT2D eigenvalue weighted by molar-refractivity contribution is -0.131. The molecule has 0 bridgehead atoms. The van der Waals surface area contributed by atoms with Gasteiger partial charge in [0.05, 0.1) is 31.9 Å². The van der Waals surface area contributed by atoms with Gasteiger partial charge >= 0.3 is 0 Å². The Bertz CT molecular complexity index is 703. The fourth-order valence-corrected chi connectivity index (χ4v) is 2.98. The van der Waals surface area contributed by atoms with Crippen LogP contribution >= 0.6 is 0 Å². The van der Waals surface area contributed by atoms with E-state index in [4.69, 9.17) is 4.74 Å². The van der Waals surface area contributed by atoms with Crippen molar-refractivity contribution in [2.24, 2.45) is 0 Å². The van der Waals surface area contributed by atoms with Crippen LogP contribution in [0.5, 0.6) is 5.75 Å². The molecule has 0 radical (unpaired) electrons. The van der Waals surface area contributed by atoms with Crippen molar-refractivity contribution in [2.45, 2.75) is 25.0 Å². The third kappa shape index (κ3) is 3.54. The standard InChI is InChI=1S/C18H19FN2O3/c1-24-16-7-6-14(20-10-16)8-18(23)21-11-15(22)9-17(21)12-2-4-13(19)5-3-12/h2-7,10,15,17,22H,8-9,11H2,1H3/t15-,17+/m0/s1. The maximum Gasteiger partial charge on any atom is 0.229 e. The summed E-state index contributed by atoms with van der Waals surface area (Å²) >= 11 is 0. The Kier molecular flexibility index (Phi) is 4.76. The van der Waals surface area contributed by atoms with E-state index in [2.05, 4.69) is 4.98 Å². The molecule has 5 nitrogen and oxygen atoms in total. The molecule has 1 N–H and O–H groups in total. The lowest BCUT2D eigenvalue weighted by atomic mass is 10.0. The highest BCUT2D eigenvalue weighted by Crippen LogP contribution is 2.32. The van der Waals surface area contributed by atoms with Crippen molar-refractivity contribution in [1.82, 2.24) is 9.88 Å². The van der Waals surface area contributed by atoms with Crippen LogP contribution in [0.3, 0.4) is 0 Å². The van der Waals surface area contributed by atoms with Crippen molar-refractivity contribution in [2.75, 3.05) is 13.7 Å². The first-order chi connectivity index (χ1) is 11.6. The van der Waals surface area contributed by atoms with Gasteiger partial charge in [0, 0.05) is 12.2 Å². The lowest BCUT2D eigenvalue weighted by Crippen LogP contribution is -2.33. The van der Waals surface area contributed by atoms with Crippen LogP contribution in [-0.2, 0) is 11.2 Å². The molecule has 24 heavy (non-hydrogen) atoms. The van der Waals surface area contributed by atoms with Crippen LogP contribution in [0, 0.1) is 5.82 Å². The van der Waals surface area contributed by atoms with Crippen molar-refractivity contribution in [1.29, 1.82) is 0 Å². The fourth-order valence-electron chi connectivity index (χ4n) is 2.98. The number of ether oxygens (including phenoxy) is 1. The number of β-amino-alcohol motifs (C(OH)–C–C–N with tert-alkyl or cyclic N) is 1. The predicted molar refractivity (Wildman–Crippen MR) is 86.0 cm³/mol. The smallest absolute Gasteiger partial charge is 0.229 e. The van der Waals surface area contributed by atoms with E-state index < -0.39 is 6.10 Å². The van der Waals surface area contributed by atoms with Gasteiger partial charge in [-0.15, -0.1) is 0 Å². The van der Waals surface area contributed by atoms with Crippen molar-refractivity contribution in [3.05, 3.63) is 59.7 Å². The highest BCUT2D eigenvalue weighted by atomic mass is 19.1. The number of likely N-dealkylation sites (tertiary alicyclic amines) is 1. The molecule has 0 saturated carbocycles. The summed E-state index contributed by atoms with van der Waals surface area (Å²) in [6.45, 7) is 0.275. The number of carbonyl (C=O) groups excluding carboxylic acids is 1. The Balaban J connectivity index is 1.75. The first kappa shape index (κ1) is 16.4. The van der Waals surface area contributed by atoms with Crippen LogP contribution in [0.1, 0.15) is 23.7 Å². The Morgan fingerprint density at radius 1 is 1.33 bits per heavy atom. The molecule has 6 heteroatoms. The summed E-state index contributed by atoms with van der Waals surface area (Å²) in [5.41, 5.74) is 1.46. The minimum Gasteiger partial charge on any atom is -0.495 e. The number of carbonyl (C=O) groups is 1. The van der Waals surface area contributed by atoms with Crippen LogP contribution < -0.4 is 4.74 Å². The molecule has 0 aliphatic carbocycles. The average molecular weight is 330 g/mol. The minimum absolute atomic E-state index is 0.112. The summed E-state index contributed by atoms with van der Waals surface area (Å²) < 4.78 is 18.2. The SMILES string of the molecule is COc1ccc(CC(=O)N2C[C@@H](O)C[C@@H]2c2ccc(F)cc2)nc1. The number of hydrogen-bond acceptors (Lipinski definition) is 4. The Morgan fingerprint density at radius 3 is 2.71 bits per heavy atom. The van der Waals surface area contributed by atoms with Crippen molar-refractivity contribution in [3.8, 4) is 5.75 Å². The molecule has 2 heterocycles. The van der Waals surface area contributed by atoms with Gasteiger partial charge < -0.3 is 14.7 Å². The Hall–Kier alpha value is -2.47. The normalized spacial score (nSPS) is 20.2. The molecule has 1 aromatic heterocycles. The van der Waals surface area contributed by atoms with E-state index in [1.165, 1.54) is 12.1 Å². The predicted octanol–water partition coefficient (Wildman–Crippen LogP) is 2.11. The van der Waals surface area contributed by atoms with Crippen molar-refractivity contribution < 1.29 is 19.0 Å². The van der Waals surface area contributed by atoms with Gasteiger partial charge in [-0.05, 0) is 36.2 Å². The molecule has 1 amide bonds. The van der Waals surface area contributed by atoms with E-state index in [1.54, 1.807) is 42.5 Å². The number of nitrogens with zero attached hydrogens (tertiary/aromatic N) is 2. The zero-order chi connectivity index (χ0) is 17.1. The van der Waals surface area contributed by atoms with E-state index in [-0.39, 0.29) is 30.7 Å². The van der Waals surface area contributed by atoms with E-state index in [9.17, 15) is 14.3 Å². The molecule has 2 aromatic rings. The number of amides is 1. The summed E-state index contributed by atoms with van der Waals surface area (Å²) in [6.07, 6.45) is 1.59. The Labute approximate surface area is 139 Å². The van der Waals surface area contributed by atoms with E-state index in [0.717, 1.165) is 5.56 Å². The molecule has 1 aliphatic heterocycles. The second kappa shape index (κ2) is 6.97. The second-order valence-electron chi connectivity index (χ2n) is 5.87. The number of aromatic nitrogens is 1. The highest BCUT2D eigenvalue weighted by Gasteiger charge is 2.35. The van der Waals surface area contributed by atoms with E-state index in [1.807, 2.05) is 0 Å². The number of halogens is 1. The number of hydrogen-bond donors (Lipinski definition) is 1. The maximum atomic E-state index is 13.1. The zero-order valence-electron chi connectivity index (χ0n) is 13.4. The molecular weight excluding hydrogens is 311 g/mol. The zero-order valence-corrected chi connectivity index (χ0v) is 13.4. The van der Waals surface area contributed by atoms with Crippen LogP contribution in [0.15, 0.2) is 42.6 Å². The van der Waals surface area contributed by atoms with Gasteiger partial charge in [0.2, 0.25) is 5.91 Å². The molecule has 2 atom stereocenters.